The van der Waals surface area contributed by atoms with Gasteiger partial charge in [0.15, 0.2) is 5.96 Å². The summed E-state index contributed by atoms with van der Waals surface area (Å²) in [6, 6.07) is 7.50. The first-order valence-corrected chi connectivity index (χ1v) is 12.3. The Bertz CT molecular complexity index is 790. The normalized spacial score (nSPS) is 19.9. The van der Waals surface area contributed by atoms with Gasteiger partial charge < -0.3 is 10.2 Å². The minimum Gasteiger partial charge on any atom is -0.352 e. The first-order valence-electron chi connectivity index (χ1n) is 10.4. The van der Waals surface area contributed by atoms with Crippen LogP contribution in [0.1, 0.15) is 56.9 Å². The van der Waals surface area contributed by atoms with Crippen LogP contribution in [0.5, 0.6) is 0 Å². The smallest absolute Gasteiger partial charge is 0.229 e. The Hall–Kier alpha value is -1.03. The molecule has 3 rings (SSSR count). The zero-order valence-electron chi connectivity index (χ0n) is 17.6. The third kappa shape index (κ3) is 7.01. The van der Waals surface area contributed by atoms with Crippen LogP contribution in [0.25, 0.3) is 0 Å². The van der Waals surface area contributed by atoms with E-state index in [-0.39, 0.29) is 24.0 Å². The predicted octanol–water partition coefficient (Wildman–Crippen LogP) is 4.19. The second-order valence-corrected chi connectivity index (χ2v) is 10.1. The van der Waals surface area contributed by atoms with Crippen LogP contribution in [0.15, 0.2) is 29.3 Å². The number of halogens is 1. The number of nitrogens with one attached hydrogen (secondary N) is 2. The molecule has 1 aromatic carbocycles. The minimum absolute atomic E-state index is 0. The van der Waals surface area contributed by atoms with Crippen molar-refractivity contribution in [2.24, 2.45) is 10.4 Å². The molecule has 29 heavy (non-hydrogen) atoms. The number of nitrogens with zero attached hydrogens (tertiary/aromatic N) is 2. The fourth-order valence-corrected chi connectivity index (χ4v) is 5.35. The molecule has 1 saturated heterocycles. The summed E-state index contributed by atoms with van der Waals surface area (Å²) in [6.45, 7) is 2.65. The fraction of sp³-hybridized carbons (Fsp3) is 0.667. The van der Waals surface area contributed by atoms with Gasteiger partial charge in [0, 0.05) is 26.7 Å². The molecule has 1 aliphatic heterocycles. The van der Waals surface area contributed by atoms with Crippen molar-refractivity contribution in [1.82, 2.24) is 10.2 Å². The Balaban J connectivity index is 0.00000300. The number of benzene rings is 1. The van der Waals surface area contributed by atoms with E-state index in [9.17, 15) is 8.42 Å². The maximum Gasteiger partial charge on any atom is 0.229 e. The van der Waals surface area contributed by atoms with Crippen molar-refractivity contribution >= 4 is 45.6 Å². The Morgan fingerprint density at radius 3 is 2.41 bits per heavy atom. The number of anilines is 1. The molecule has 0 amide bonds. The van der Waals surface area contributed by atoms with E-state index in [1.165, 1.54) is 57.6 Å². The van der Waals surface area contributed by atoms with Crippen molar-refractivity contribution < 1.29 is 8.42 Å². The number of hydrogen-bond acceptors (Lipinski definition) is 3. The topological polar surface area (TPSA) is 73.8 Å². The molecular weight excluding hydrogens is 499 g/mol. The van der Waals surface area contributed by atoms with Crippen LogP contribution < -0.4 is 10.0 Å². The molecule has 0 atom stereocenters. The number of likely N-dealkylation sites (tertiary alicyclic amines) is 1. The number of sulfonamides is 1. The van der Waals surface area contributed by atoms with Crippen molar-refractivity contribution in [1.29, 1.82) is 0 Å². The zero-order valence-corrected chi connectivity index (χ0v) is 20.8. The van der Waals surface area contributed by atoms with Gasteiger partial charge in [0.1, 0.15) is 0 Å². The molecule has 1 heterocycles. The van der Waals surface area contributed by atoms with Gasteiger partial charge in [-0.05, 0) is 42.7 Å². The van der Waals surface area contributed by atoms with Crippen molar-refractivity contribution in [2.45, 2.75) is 57.9 Å². The molecule has 2 aliphatic rings. The van der Waals surface area contributed by atoms with E-state index >= 15 is 0 Å². The minimum atomic E-state index is -3.30. The monoisotopic (exact) mass is 534 g/mol. The molecular formula is C21H35IN4O2S. The van der Waals surface area contributed by atoms with E-state index in [1.807, 2.05) is 25.2 Å². The molecule has 2 fully saturated rings. The van der Waals surface area contributed by atoms with Crippen molar-refractivity contribution in [3.05, 3.63) is 29.8 Å². The summed E-state index contributed by atoms with van der Waals surface area (Å²) in [6.07, 6.45) is 11.8. The average Bonchev–Trinajstić information content (AvgIpc) is 2.88. The van der Waals surface area contributed by atoms with Gasteiger partial charge in [-0.15, -0.1) is 24.0 Å². The Morgan fingerprint density at radius 1 is 1.10 bits per heavy atom. The van der Waals surface area contributed by atoms with E-state index in [4.69, 9.17) is 0 Å². The van der Waals surface area contributed by atoms with E-state index in [0.717, 1.165) is 24.6 Å². The highest BCUT2D eigenvalue weighted by atomic mass is 127. The summed E-state index contributed by atoms with van der Waals surface area (Å²) in [5.74, 6) is 0.914. The first-order chi connectivity index (χ1) is 13.4. The van der Waals surface area contributed by atoms with Crippen LogP contribution in [0, 0.1) is 5.41 Å². The van der Waals surface area contributed by atoms with Crippen LogP contribution in [0.2, 0.25) is 0 Å². The van der Waals surface area contributed by atoms with Crippen LogP contribution in [0.3, 0.4) is 0 Å². The third-order valence-electron chi connectivity index (χ3n) is 6.09. The van der Waals surface area contributed by atoms with E-state index in [2.05, 4.69) is 19.9 Å². The number of guanidine groups is 1. The summed E-state index contributed by atoms with van der Waals surface area (Å²) in [5, 5.41) is 3.46. The molecule has 1 aliphatic carbocycles. The second-order valence-electron chi connectivity index (χ2n) is 8.37. The standard InChI is InChI=1S/C21H34N4O2S.HI/c1-22-20(23-16-18-10-5-6-11-19(18)24-28(2,26)27)25-15-9-14-21(17-25)12-7-3-4-8-13-21;/h5-6,10-11,24H,3-4,7-9,12-17H2,1-2H3,(H,22,23);1H. The molecule has 1 aromatic rings. The molecule has 1 saturated carbocycles. The zero-order chi connectivity index (χ0) is 20.0. The SMILES string of the molecule is CN=C(NCc1ccccc1NS(C)(=O)=O)N1CCCC2(CCCCCC2)C1.I. The summed E-state index contributed by atoms with van der Waals surface area (Å²) in [7, 11) is -1.47. The second kappa shape index (κ2) is 10.8. The van der Waals surface area contributed by atoms with Crippen LogP contribution in [-0.4, -0.2) is 45.7 Å². The van der Waals surface area contributed by atoms with Gasteiger partial charge in [-0.3, -0.25) is 9.71 Å². The lowest BCUT2D eigenvalue weighted by Gasteiger charge is -2.44. The number of para-hydroxylation sites is 1. The number of piperidine rings is 1. The highest BCUT2D eigenvalue weighted by molar-refractivity contribution is 14.0. The van der Waals surface area contributed by atoms with Gasteiger partial charge in [-0.1, -0.05) is 43.9 Å². The number of rotatable bonds is 4. The van der Waals surface area contributed by atoms with Crippen LogP contribution in [0.4, 0.5) is 5.69 Å². The van der Waals surface area contributed by atoms with Crippen LogP contribution >= 0.6 is 24.0 Å². The molecule has 164 valence electrons. The van der Waals surface area contributed by atoms with Crippen molar-refractivity contribution in [3.8, 4) is 0 Å². The van der Waals surface area contributed by atoms with E-state index in [0.29, 0.717) is 17.6 Å². The van der Waals surface area contributed by atoms with Crippen LogP contribution in [-0.2, 0) is 16.6 Å². The summed E-state index contributed by atoms with van der Waals surface area (Å²) in [4.78, 5) is 6.93. The molecule has 0 radical (unpaired) electrons. The lowest BCUT2D eigenvalue weighted by molar-refractivity contribution is 0.115. The highest BCUT2D eigenvalue weighted by Gasteiger charge is 2.36. The average molecular weight is 535 g/mol. The molecule has 0 unspecified atom stereocenters. The molecule has 0 bridgehead atoms. The maximum absolute atomic E-state index is 11.6. The Morgan fingerprint density at radius 2 is 1.76 bits per heavy atom. The van der Waals surface area contributed by atoms with E-state index in [1.54, 1.807) is 6.07 Å². The molecule has 8 heteroatoms. The molecule has 0 aromatic heterocycles. The Labute approximate surface area is 193 Å². The molecule has 2 N–H and O–H groups in total. The van der Waals surface area contributed by atoms with Gasteiger partial charge in [-0.2, -0.15) is 0 Å². The van der Waals surface area contributed by atoms with Gasteiger partial charge in [0.2, 0.25) is 10.0 Å². The van der Waals surface area contributed by atoms with E-state index < -0.39 is 10.0 Å². The summed E-state index contributed by atoms with van der Waals surface area (Å²) in [5.41, 5.74) is 1.98. The maximum atomic E-state index is 11.6. The van der Waals surface area contributed by atoms with Gasteiger partial charge in [-0.25, -0.2) is 8.42 Å². The summed E-state index contributed by atoms with van der Waals surface area (Å²) < 4.78 is 25.9. The predicted molar refractivity (Wildman–Crippen MR) is 131 cm³/mol. The number of hydrogen-bond donors (Lipinski definition) is 2. The molecule has 1 spiro atoms. The largest absolute Gasteiger partial charge is 0.352 e. The first kappa shape index (κ1) is 24.2. The van der Waals surface area contributed by atoms with Crippen molar-refractivity contribution in [3.63, 3.8) is 0 Å². The van der Waals surface area contributed by atoms with Gasteiger partial charge in [0.05, 0.1) is 11.9 Å². The summed E-state index contributed by atoms with van der Waals surface area (Å²) >= 11 is 0. The quantitative estimate of drug-likeness (QED) is 0.345. The van der Waals surface area contributed by atoms with Gasteiger partial charge in [0.25, 0.3) is 0 Å². The van der Waals surface area contributed by atoms with Gasteiger partial charge >= 0.3 is 0 Å². The lowest BCUT2D eigenvalue weighted by Crippen LogP contribution is -2.50. The highest BCUT2D eigenvalue weighted by Crippen LogP contribution is 2.42. The lowest BCUT2D eigenvalue weighted by atomic mass is 9.74. The molecule has 6 nitrogen and oxygen atoms in total. The number of aliphatic imine (C=N–C) groups is 1. The van der Waals surface area contributed by atoms with Crippen molar-refractivity contribution in [2.75, 3.05) is 31.1 Å². The fourth-order valence-electron chi connectivity index (χ4n) is 4.76. The third-order valence-corrected chi connectivity index (χ3v) is 6.68. The Kier molecular flexibility index (Phi) is 9.06.